The molecule has 0 unspecified atom stereocenters. The molecule has 8 nitrogen and oxygen atoms in total. The predicted molar refractivity (Wildman–Crippen MR) is 41.7 cm³/mol. The largest absolute Gasteiger partial charge is 0.481 e. The third kappa shape index (κ3) is 4.93. The van der Waals surface area contributed by atoms with E-state index in [9.17, 15) is 14.4 Å². The van der Waals surface area contributed by atoms with Crippen LogP contribution in [0.1, 0.15) is 12.8 Å². The fourth-order valence-corrected chi connectivity index (χ4v) is 0.716. The minimum atomic E-state index is -1.37. The molecule has 80 valence electrons. The number of hydroxylamine groups is 1. The number of nitrogens with one attached hydrogen (secondary N) is 2. The molecule has 0 spiro atoms. The highest BCUT2D eigenvalue weighted by molar-refractivity contribution is 5.82. The summed E-state index contributed by atoms with van der Waals surface area (Å²) < 4.78 is 0. The molecule has 0 bridgehead atoms. The van der Waals surface area contributed by atoms with Crippen molar-refractivity contribution in [2.24, 2.45) is 0 Å². The van der Waals surface area contributed by atoms with Crippen molar-refractivity contribution in [3.63, 3.8) is 0 Å². The quantitative estimate of drug-likeness (QED) is 0.289. The van der Waals surface area contributed by atoms with Gasteiger partial charge in [0.25, 0.3) is 0 Å². The molecule has 0 radical (unpaired) electrons. The highest BCUT2D eigenvalue weighted by Crippen LogP contribution is 1.97. The fraction of sp³-hybridized carbons (Fsp3) is 0.500. The Labute approximate surface area is 78.5 Å². The van der Waals surface area contributed by atoms with Crippen LogP contribution in [0.15, 0.2) is 0 Å². The molecular formula is C6H10N2O6. The first-order chi connectivity index (χ1) is 6.47. The molecule has 2 amide bonds. The van der Waals surface area contributed by atoms with E-state index >= 15 is 0 Å². The average molecular weight is 206 g/mol. The Hall–Kier alpha value is -1.83. The van der Waals surface area contributed by atoms with Crippen LogP contribution < -0.4 is 10.8 Å². The lowest BCUT2D eigenvalue weighted by molar-refractivity contribution is -0.140. The van der Waals surface area contributed by atoms with Crippen LogP contribution in [-0.4, -0.2) is 39.4 Å². The minimum absolute atomic E-state index is 0.252. The molecule has 0 fully saturated rings. The number of hydrogen-bond donors (Lipinski definition) is 5. The van der Waals surface area contributed by atoms with Crippen molar-refractivity contribution in [3.8, 4) is 0 Å². The van der Waals surface area contributed by atoms with Crippen molar-refractivity contribution in [1.29, 1.82) is 0 Å². The molecule has 5 N–H and O–H groups in total. The molecule has 0 aliphatic rings. The van der Waals surface area contributed by atoms with Crippen molar-refractivity contribution >= 4 is 18.0 Å². The van der Waals surface area contributed by atoms with E-state index in [1.165, 1.54) is 5.48 Å². The van der Waals surface area contributed by atoms with Crippen molar-refractivity contribution in [1.82, 2.24) is 10.8 Å². The Bertz CT molecular complexity index is 240. The molecule has 0 saturated heterocycles. The summed E-state index contributed by atoms with van der Waals surface area (Å²) in [5, 5.41) is 26.7. The van der Waals surface area contributed by atoms with E-state index in [0.717, 1.165) is 0 Å². The van der Waals surface area contributed by atoms with Crippen molar-refractivity contribution in [2.45, 2.75) is 18.9 Å². The Morgan fingerprint density at radius 1 is 1.21 bits per heavy atom. The molecule has 0 aliphatic carbocycles. The van der Waals surface area contributed by atoms with Crippen molar-refractivity contribution in [3.05, 3.63) is 0 Å². The fourth-order valence-electron chi connectivity index (χ4n) is 0.716. The van der Waals surface area contributed by atoms with Crippen LogP contribution in [0.2, 0.25) is 0 Å². The van der Waals surface area contributed by atoms with E-state index in [2.05, 4.69) is 0 Å². The van der Waals surface area contributed by atoms with Gasteiger partial charge < -0.3 is 15.5 Å². The third-order valence-corrected chi connectivity index (χ3v) is 1.35. The van der Waals surface area contributed by atoms with E-state index in [0.29, 0.717) is 0 Å². The van der Waals surface area contributed by atoms with Crippen LogP contribution in [-0.2, 0) is 9.59 Å². The number of hydrogen-bond acceptors (Lipinski definition) is 4. The van der Waals surface area contributed by atoms with E-state index in [-0.39, 0.29) is 12.8 Å². The number of aliphatic carboxylic acids is 2. The highest BCUT2D eigenvalue weighted by atomic mass is 16.5. The van der Waals surface area contributed by atoms with Gasteiger partial charge in [-0.15, -0.1) is 0 Å². The summed E-state index contributed by atoms with van der Waals surface area (Å²) in [5.41, 5.74) is 1.18. The van der Waals surface area contributed by atoms with Gasteiger partial charge in [-0.05, 0) is 6.42 Å². The number of amides is 2. The Morgan fingerprint density at radius 3 is 2.14 bits per heavy atom. The van der Waals surface area contributed by atoms with Crippen LogP contribution in [0, 0.1) is 0 Å². The van der Waals surface area contributed by atoms with E-state index in [1.54, 1.807) is 0 Å². The van der Waals surface area contributed by atoms with Gasteiger partial charge in [0.15, 0.2) is 0 Å². The molecule has 0 aromatic heterocycles. The van der Waals surface area contributed by atoms with Crippen LogP contribution in [0.4, 0.5) is 4.79 Å². The molecule has 0 aromatic carbocycles. The first-order valence-electron chi connectivity index (χ1n) is 3.62. The summed E-state index contributed by atoms with van der Waals surface area (Å²) in [6.45, 7) is 0. The lowest BCUT2D eigenvalue weighted by Crippen LogP contribution is -2.45. The monoisotopic (exact) mass is 206 g/mol. The van der Waals surface area contributed by atoms with Crippen LogP contribution in [0.5, 0.6) is 0 Å². The maximum Gasteiger partial charge on any atom is 0.339 e. The number of urea groups is 1. The van der Waals surface area contributed by atoms with Gasteiger partial charge in [0, 0.05) is 6.42 Å². The number of rotatable bonds is 5. The molecule has 0 heterocycles. The first kappa shape index (κ1) is 12.2. The van der Waals surface area contributed by atoms with Crippen molar-refractivity contribution in [2.75, 3.05) is 0 Å². The van der Waals surface area contributed by atoms with Crippen molar-refractivity contribution < 1.29 is 29.8 Å². The average Bonchev–Trinajstić information content (AvgIpc) is 2.10. The first-order valence-corrected chi connectivity index (χ1v) is 3.62. The topological polar surface area (TPSA) is 136 Å². The maximum absolute atomic E-state index is 10.5. The SMILES string of the molecule is O=C(O)CC[C@H](NC(=O)NO)C(=O)O. The third-order valence-electron chi connectivity index (χ3n) is 1.35. The summed E-state index contributed by atoms with van der Waals surface area (Å²) in [6.07, 6.45) is -0.638. The smallest absolute Gasteiger partial charge is 0.339 e. The molecule has 8 heteroatoms. The molecule has 0 rings (SSSR count). The van der Waals surface area contributed by atoms with Gasteiger partial charge in [0.1, 0.15) is 6.04 Å². The summed E-state index contributed by atoms with van der Waals surface area (Å²) in [7, 11) is 0. The zero-order valence-electron chi connectivity index (χ0n) is 7.06. The molecule has 14 heavy (non-hydrogen) atoms. The summed E-state index contributed by atoms with van der Waals surface area (Å²) in [5.74, 6) is -2.53. The van der Waals surface area contributed by atoms with Gasteiger partial charge in [-0.25, -0.2) is 15.1 Å². The summed E-state index contributed by atoms with van der Waals surface area (Å²) in [4.78, 5) is 31.0. The Balaban J connectivity index is 4.09. The summed E-state index contributed by atoms with van der Waals surface area (Å²) >= 11 is 0. The Kier molecular flexibility index (Phi) is 5.00. The second-order valence-electron chi connectivity index (χ2n) is 2.41. The second kappa shape index (κ2) is 5.75. The van der Waals surface area contributed by atoms with Crippen LogP contribution >= 0.6 is 0 Å². The lowest BCUT2D eigenvalue weighted by atomic mass is 10.1. The minimum Gasteiger partial charge on any atom is -0.481 e. The molecular weight excluding hydrogens is 196 g/mol. The lowest BCUT2D eigenvalue weighted by Gasteiger charge is -2.11. The maximum atomic E-state index is 10.5. The predicted octanol–water partition coefficient (Wildman–Crippen LogP) is -1.01. The standard InChI is InChI=1S/C6H10N2O6/c9-4(10)2-1-3(5(11)12)7-6(13)8-14/h3,14H,1-2H2,(H,9,10)(H,11,12)(H2,7,8,13)/t3-/m0/s1. The van der Waals surface area contributed by atoms with Gasteiger partial charge in [-0.1, -0.05) is 0 Å². The highest BCUT2D eigenvalue weighted by Gasteiger charge is 2.20. The zero-order chi connectivity index (χ0) is 11.1. The number of carbonyl (C=O) groups is 3. The van der Waals surface area contributed by atoms with Crippen LogP contribution in [0.25, 0.3) is 0 Å². The van der Waals surface area contributed by atoms with Gasteiger partial charge in [0.2, 0.25) is 0 Å². The van der Waals surface area contributed by atoms with Gasteiger partial charge in [0.05, 0.1) is 0 Å². The van der Waals surface area contributed by atoms with Gasteiger partial charge >= 0.3 is 18.0 Å². The van der Waals surface area contributed by atoms with Gasteiger partial charge in [-0.3, -0.25) is 10.0 Å². The number of carbonyl (C=O) groups excluding carboxylic acids is 1. The van der Waals surface area contributed by atoms with E-state index in [1.807, 2.05) is 5.32 Å². The Morgan fingerprint density at radius 2 is 1.79 bits per heavy atom. The molecule has 0 aliphatic heterocycles. The zero-order valence-corrected chi connectivity index (χ0v) is 7.06. The summed E-state index contributed by atoms with van der Waals surface area (Å²) in [6, 6.07) is -2.43. The normalized spacial score (nSPS) is 11.5. The number of carboxylic acids is 2. The van der Waals surface area contributed by atoms with Gasteiger partial charge in [-0.2, -0.15) is 0 Å². The molecule has 0 saturated carbocycles. The van der Waals surface area contributed by atoms with E-state index in [4.69, 9.17) is 15.4 Å². The van der Waals surface area contributed by atoms with Crippen LogP contribution in [0.3, 0.4) is 0 Å². The molecule has 1 atom stereocenters. The number of carboxylic acid groups (broad SMARTS) is 2. The molecule has 0 aromatic rings. The second-order valence-corrected chi connectivity index (χ2v) is 2.41. The van der Waals surface area contributed by atoms with E-state index < -0.39 is 24.0 Å².